The number of aliphatic carboxylic acids is 1. The van der Waals surface area contributed by atoms with Gasteiger partial charge in [0, 0.05) is 12.5 Å². The lowest BCUT2D eigenvalue weighted by atomic mass is 10.1. The fourth-order valence-electron chi connectivity index (χ4n) is 2.85. The quantitative estimate of drug-likeness (QED) is 0.198. The third-order valence-corrected chi connectivity index (χ3v) is 4.51. The van der Waals surface area contributed by atoms with Gasteiger partial charge in [0.15, 0.2) is 0 Å². The van der Waals surface area contributed by atoms with Crippen molar-refractivity contribution in [3.8, 4) is 0 Å². The van der Waals surface area contributed by atoms with E-state index >= 15 is 0 Å². The van der Waals surface area contributed by atoms with Crippen molar-refractivity contribution in [3.63, 3.8) is 0 Å². The van der Waals surface area contributed by atoms with Crippen molar-refractivity contribution in [3.05, 3.63) is 24.3 Å². The van der Waals surface area contributed by atoms with E-state index in [0.717, 1.165) is 25.7 Å². The lowest BCUT2D eigenvalue weighted by Crippen LogP contribution is -2.24. The lowest BCUT2D eigenvalue weighted by molar-refractivity contribution is -0.305. The molecule has 28 heavy (non-hydrogen) atoms. The monoisotopic (exact) mass is 394 g/mol. The number of aliphatic hydroxyl groups is 1. The van der Waals surface area contributed by atoms with Crippen LogP contribution in [0.1, 0.15) is 96.8 Å². The van der Waals surface area contributed by atoms with E-state index in [0.29, 0.717) is 19.4 Å². The number of hydrogen-bond donors (Lipinski definition) is 2. The van der Waals surface area contributed by atoms with Gasteiger partial charge < -0.3 is 20.3 Å². The lowest BCUT2D eigenvalue weighted by Gasteiger charge is -2.03. The van der Waals surface area contributed by atoms with E-state index in [1.54, 1.807) is 6.08 Å². The van der Waals surface area contributed by atoms with Crippen LogP contribution in [0, 0.1) is 0 Å². The number of allylic oxidation sites excluding steroid dienone is 2. The van der Waals surface area contributed by atoms with Crippen LogP contribution in [0.5, 0.6) is 0 Å². The first-order chi connectivity index (χ1) is 13.5. The predicted octanol–water partition coefficient (Wildman–Crippen LogP) is 3.81. The van der Waals surface area contributed by atoms with Crippen LogP contribution in [0.3, 0.4) is 0 Å². The molecule has 5 nitrogen and oxygen atoms in total. The summed E-state index contributed by atoms with van der Waals surface area (Å²) < 4.78 is 0. The fourth-order valence-corrected chi connectivity index (χ4v) is 2.85. The molecule has 0 rings (SSSR count). The SMILES string of the molecule is C[C@@H](O)C/C=C/CCCCCCCCCC/C=C/C(=O)NCCCCC(=O)[O-]. The van der Waals surface area contributed by atoms with Gasteiger partial charge in [-0.25, -0.2) is 0 Å². The number of carboxylic acid groups (broad SMARTS) is 1. The van der Waals surface area contributed by atoms with Gasteiger partial charge in [-0.3, -0.25) is 4.79 Å². The van der Waals surface area contributed by atoms with Crippen molar-refractivity contribution >= 4 is 11.9 Å². The van der Waals surface area contributed by atoms with Gasteiger partial charge in [0.1, 0.15) is 0 Å². The molecule has 0 spiro atoms. The molecule has 0 heterocycles. The van der Waals surface area contributed by atoms with Crippen molar-refractivity contribution in [1.29, 1.82) is 0 Å². The molecule has 0 radical (unpaired) electrons. The number of aliphatic hydroxyl groups excluding tert-OH is 1. The first-order valence-corrected chi connectivity index (χ1v) is 11.0. The predicted molar refractivity (Wildman–Crippen MR) is 113 cm³/mol. The van der Waals surface area contributed by atoms with Crippen molar-refractivity contribution in [2.45, 2.75) is 103 Å². The van der Waals surface area contributed by atoms with Gasteiger partial charge >= 0.3 is 0 Å². The Morgan fingerprint density at radius 2 is 1.43 bits per heavy atom. The van der Waals surface area contributed by atoms with Gasteiger partial charge in [-0.05, 0) is 64.4 Å². The summed E-state index contributed by atoms with van der Waals surface area (Å²) >= 11 is 0. The highest BCUT2D eigenvalue weighted by Gasteiger charge is 1.95. The number of carbonyl (C=O) groups is 2. The third-order valence-electron chi connectivity index (χ3n) is 4.51. The normalized spacial score (nSPS) is 12.6. The molecular weight excluding hydrogens is 354 g/mol. The molecule has 0 aromatic carbocycles. The highest BCUT2D eigenvalue weighted by atomic mass is 16.4. The van der Waals surface area contributed by atoms with Crippen LogP contribution >= 0.6 is 0 Å². The Morgan fingerprint density at radius 1 is 0.857 bits per heavy atom. The van der Waals surface area contributed by atoms with E-state index in [1.165, 1.54) is 44.9 Å². The summed E-state index contributed by atoms with van der Waals surface area (Å²) in [5, 5.41) is 22.1. The zero-order valence-corrected chi connectivity index (χ0v) is 17.7. The first kappa shape index (κ1) is 26.4. The Morgan fingerprint density at radius 3 is 2.00 bits per heavy atom. The van der Waals surface area contributed by atoms with Crippen molar-refractivity contribution in [1.82, 2.24) is 5.32 Å². The van der Waals surface area contributed by atoms with Crippen molar-refractivity contribution < 1.29 is 19.8 Å². The number of carboxylic acids is 1. The summed E-state index contributed by atoms with van der Waals surface area (Å²) in [5.41, 5.74) is 0. The average Bonchev–Trinajstić information content (AvgIpc) is 2.64. The maximum Gasteiger partial charge on any atom is 0.243 e. The largest absolute Gasteiger partial charge is 0.550 e. The standard InChI is InChI=1S/C23H41NO4/c1-21(25)17-13-11-9-7-5-3-2-4-6-8-10-12-14-18-22(26)24-20-16-15-19-23(27)28/h11,13-14,18,21,25H,2-10,12,15-17,19-20H2,1H3,(H,24,26)(H,27,28)/p-1/b13-11+,18-14+/t21-/m1/s1. The molecule has 0 bridgehead atoms. The highest BCUT2D eigenvalue weighted by molar-refractivity contribution is 5.87. The first-order valence-electron chi connectivity index (χ1n) is 11.0. The van der Waals surface area contributed by atoms with Crippen LogP contribution in [-0.4, -0.2) is 29.6 Å². The molecule has 162 valence electrons. The topological polar surface area (TPSA) is 89.5 Å². The number of carbonyl (C=O) groups excluding carboxylic acids is 2. The van der Waals surface area contributed by atoms with Crippen LogP contribution in [0.15, 0.2) is 24.3 Å². The van der Waals surface area contributed by atoms with E-state index in [4.69, 9.17) is 5.11 Å². The maximum absolute atomic E-state index is 11.5. The summed E-state index contributed by atoms with van der Waals surface area (Å²) in [6.07, 6.45) is 21.5. The number of unbranched alkanes of at least 4 members (excludes halogenated alkanes) is 10. The number of rotatable bonds is 19. The van der Waals surface area contributed by atoms with Gasteiger partial charge in [0.25, 0.3) is 0 Å². The Kier molecular flexibility index (Phi) is 19.0. The number of hydrogen-bond acceptors (Lipinski definition) is 4. The Hall–Kier alpha value is -1.62. The molecule has 0 fully saturated rings. The van der Waals surface area contributed by atoms with Crippen LogP contribution in [0.2, 0.25) is 0 Å². The van der Waals surface area contributed by atoms with Gasteiger partial charge in [-0.1, -0.05) is 56.8 Å². The fraction of sp³-hybridized carbons (Fsp3) is 0.739. The van der Waals surface area contributed by atoms with Crippen molar-refractivity contribution in [2.24, 2.45) is 0 Å². The van der Waals surface area contributed by atoms with Gasteiger partial charge in [-0.15, -0.1) is 0 Å². The van der Waals surface area contributed by atoms with E-state index in [9.17, 15) is 14.7 Å². The molecular formula is C23H40NO4-. The van der Waals surface area contributed by atoms with E-state index in [-0.39, 0.29) is 18.4 Å². The molecule has 1 atom stereocenters. The zero-order valence-electron chi connectivity index (χ0n) is 17.7. The third kappa shape index (κ3) is 22.4. The molecule has 1 amide bonds. The molecule has 0 aromatic heterocycles. The van der Waals surface area contributed by atoms with Crippen LogP contribution < -0.4 is 10.4 Å². The second-order valence-corrected chi connectivity index (χ2v) is 7.48. The number of amides is 1. The second-order valence-electron chi connectivity index (χ2n) is 7.48. The van der Waals surface area contributed by atoms with Gasteiger partial charge in [0.2, 0.25) is 5.91 Å². The molecule has 0 aromatic rings. The second kappa shape index (κ2) is 20.1. The zero-order chi connectivity index (χ0) is 20.9. The smallest absolute Gasteiger partial charge is 0.243 e. The van der Waals surface area contributed by atoms with E-state index < -0.39 is 5.97 Å². The summed E-state index contributed by atoms with van der Waals surface area (Å²) in [4.78, 5) is 21.8. The molecule has 2 N–H and O–H groups in total. The molecule has 0 aliphatic carbocycles. The summed E-state index contributed by atoms with van der Waals surface area (Å²) in [6.45, 7) is 2.32. The Balaban J connectivity index is 3.29. The minimum Gasteiger partial charge on any atom is -0.550 e. The van der Waals surface area contributed by atoms with E-state index in [2.05, 4.69) is 17.5 Å². The molecule has 5 heteroatoms. The molecule has 0 aliphatic heterocycles. The molecule has 0 saturated carbocycles. The molecule has 0 aliphatic rings. The van der Waals surface area contributed by atoms with Crippen molar-refractivity contribution in [2.75, 3.05) is 6.54 Å². The Bertz CT molecular complexity index is 444. The molecule has 0 unspecified atom stereocenters. The van der Waals surface area contributed by atoms with Crippen LogP contribution in [0.25, 0.3) is 0 Å². The summed E-state index contributed by atoms with van der Waals surface area (Å²) in [5.74, 6) is -1.14. The Labute approximate surface area is 171 Å². The number of nitrogens with one attached hydrogen (secondary N) is 1. The van der Waals surface area contributed by atoms with E-state index in [1.807, 2.05) is 13.0 Å². The van der Waals surface area contributed by atoms with Crippen LogP contribution in [0.4, 0.5) is 0 Å². The van der Waals surface area contributed by atoms with Gasteiger partial charge in [0.05, 0.1) is 6.10 Å². The molecule has 0 saturated heterocycles. The maximum atomic E-state index is 11.5. The average molecular weight is 395 g/mol. The summed E-state index contributed by atoms with van der Waals surface area (Å²) in [7, 11) is 0. The van der Waals surface area contributed by atoms with Gasteiger partial charge in [-0.2, -0.15) is 0 Å². The highest BCUT2D eigenvalue weighted by Crippen LogP contribution is 2.11. The minimum absolute atomic E-state index is 0.0495. The minimum atomic E-state index is -1.04. The summed E-state index contributed by atoms with van der Waals surface area (Å²) in [6, 6.07) is 0. The van der Waals surface area contributed by atoms with Crippen LogP contribution in [-0.2, 0) is 9.59 Å².